The first-order valence-electron chi connectivity index (χ1n) is 9.98. The molecule has 1 atom stereocenters. The molecule has 150 valence electrons. The number of likely N-dealkylation sites (tertiary alicyclic amines) is 1. The number of aryl methyl sites for hydroxylation is 1. The predicted octanol–water partition coefficient (Wildman–Crippen LogP) is 3.44. The van der Waals surface area contributed by atoms with Crippen LogP contribution in [0.1, 0.15) is 30.0 Å². The second kappa shape index (κ2) is 8.47. The lowest BCUT2D eigenvalue weighted by Crippen LogP contribution is -2.40. The summed E-state index contributed by atoms with van der Waals surface area (Å²) in [6.45, 7) is 1.54. The Hall–Kier alpha value is -3.15. The molecule has 0 N–H and O–H groups in total. The Morgan fingerprint density at radius 3 is 2.83 bits per heavy atom. The van der Waals surface area contributed by atoms with Gasteiger partial charge >= 0.3 is 0 Å². The highest BCUT2D eigenvalue weighted by Crippen LogP contribution is 2.28. The minimum absolute atomic E-state index is 0.162. The number of piperidine rings is 1. The van der Waals surface area contributed by atoms with E-state index in [0.717, 1.165) is 54.1 Å². The summed E-state index contributed by atoms with van der Waals surface area (Å²) >= 11 is 0. The Balaban J connectivity index is 1.41. The Labute approximate surface area is 171 Å². The third-order valence-corrected chi connectivity index (χ3v) is 5.51. The molecule has 0 spiro atoms. The third kappa shape index (κ3) is 4.47. The Kier molecular flexibility index (Phi) is 5.60. The van der Waals surface area contributed by atoms with Gasteiger partial charge in [0, 0.05) is 55.3 Å². The van der Waals surface area contributed by atoms with Crippen molar-refractivity contribution in [2.45, 2.75) is 25.2 Å². The van der Waals surface area contributed by atoms with Crippen LogP contribution in [0, 0.1) is 0 Å². The van der Waals surface area contributed by atoms with Crippen molar-refractivity contribution >= 4 is 5.91 Å². The van der Waals surface area contributed by atoms with E-state index in [2.05, 4.69) is 17.2 Å². The van der Waals surface area contributed by atoms with Gasteiger partial charge in [-0.1, -0.05) is 18.2 Å². The number of benzene rings is 1. The zero-order chi connectivity index (χ0) is 20.2. The molecule has 4 rings (SSSR count). The van der Waals surface area contributed by atoms with Crippen molar-refractivity contribution in [1.29, 1.82) is 0 Å². The third-order valence-electron chi connectivity index (χ3n) is 5.51. The van der Waals surface area contributed by atoms with Gasteiger partial charge in [-0.2, -0.15) is 5.10 Å². The standard InChI is InChI=1S/C23H26N4O2/c1-26-15-20(14-25-26)18-8-9-22(24-13-18)19-6-4-10-27(16-19)23(28)12-17-5-3-7-21(11-17)29-2/h3,5,7-9,11,13-15,19H,4,6,10,12,16H2,1-2H3. The monoisotopic (exact) mass is 390 g/mol. The summed E-state index contributed by atoms with van der Waals surface area (Å²) in [4.78, 5) is 19.5. The van der Waals surface area contributed by atoms with Crippen LogP contribution in [0.25, 0.3) is 11.1 Å². The number of methoxy groups -OCH3 is 1. The van der Waals surface area contributed by atoms with E-state index in [1.807, 2.05) is 54.8 Å². The Morgan fingerprint density at radius 1 is 1.21 bits per heavy atom. The van der Waals surface area contributed by atoms with Crippen LogP contribution in [0.2, 0.25) is 0 Å². The molecule has 1 saturated heterocycles. The number of carbonyl (C=O) groups is 1. The second-order valence-electron chi connectivity index (χ2n) is 7.58. The van der Waals surface area contributed by atoms with Gasteiger partial charge in [-0.05, 0) is 36.6 Å². The number of hydrogen-bond donors (Lipinski definition) is 0. The molecule has 3 aromatic rings. The largest absolute Gasteiger partial charge is 0.497 e. The maximum atomic E-state index is 12.8. The maximum Gasteiger partial charge on any atom is 0.227 e. The first-order chi connectivity index (χ1) is 14.1. The maximum absolute atomic E-state index is 12.8. The average Bonchev–Trinajstić information content (AvgIpc) is 3.20. The van der Waals surface area contributed by atoms with Crippen molar-refractivity contribution < 1.29 is 9.53 Å². The lowest BCUT2D eigenvalue weighted by molar-refractivity contribution is -0.131. The molecule has 6 heteroatoms. The lowest BCUT2D eigenvalue weighted by atomic mass is 9.93. The summed E-state index contributed by atoms with van der Waals surface area (Å²) in [5.74, 6) is 1.22. The highest BCUT2D eigenvalue weighted by atomic mass is 16.5. The van der Waals surface area contributed by atoms with Crippen molar-refractivity contribution in [3.63, 3.8) is 0 Å². The van der Waals surface area contributed by atoms with Gasteiger partial charge in [0.25, 0.3) is 0 Å². The van der Waals surface area contributed by atoms with E-state index in [0.29, 0.717) is 6.42 Å². The molecule has 6 nitrogen and oxygen atoms in total. The van der Waals surface area contributed by atoms with Gasteiger partial charge < -0.3 is 9.64 Å². The number of ether oxygens (including phenoxy) is 1. The fourth-order valence-electron chi connectivity index (χ4n) is 3.90. The van der Waals surface area contributed by atoms with Crippen molar-refractivity contribution in [2.75, 3.05) is 20.2 Å². The van der Waals surface area contributed by atoms with Gasteiger partial charge in [0.05, 0.1) is 19.7 Å². The van der Waals surface area contributed by atoms with E-state index in [4.69, 9.17) is 9.72 Å². The molecular weight excluding hydrogens is 364 g/mol. The van der Waals surface area contributed by atoms with E-state index in [1.54, 1.807) is 11.8 Å². The van der Waals surface area contributed by atoms with E-state index >= 15 is 0 Å². The van der Waals surface area contributed by atoms with Crippen molar-refractivity contribution in [2.24, 2.45) is 7.05 Å². The molecule has 1 unspecified atom stereocenters. The normalized spacial score (nSPS) is 16.6. The number of hydrogen-bond acceptors (Lipinski definition) is 4. The van der Waals surface area contributed by atoms with Gasteiger partial charge in [-0.3, -0.25) is 14.5 Å². The van der Waals surface area contributed by atoms with Crippen LogP contribution in [0.3, 0.4) is 0 Å². The van der Waals surface area contributed by atoms with Crippen LogP contribution in [-0.4, -0.2) is 45.8 Å². The number of nitrogens with zero attached hydrogens (tertiary/aromatic N) is 4. The average molecular weight is 390 g/mol. The molecule has 29 heavy (non-hydrogen) atoms. The molecule has 1 aromatic carbocycles. The van der Waals surface area contributed by atoms with Crippen LogP contribution in [0.15, 0.2) is 55.0 Å². The molecule has 2 aromatic heterocycles. The molecule has 0 bridgehead atoms. The van der Waals surface area contributed by atoms with E-state index in [9.17, 15) is 4.79 Å². The minimum atomic E-state index is 0.162. The van der Waals surface area contributed by atoms with Gasteiger partial charge in [0.2, 0.25) is 5.91 Å². The number of amides is 1. The number of aromatic nitrogens is 3. The van der Waals surface area contributed by atoms with Gasteiger partial charge in [-0.15, -0.1) is 0 Å². The molecule has 1 amide bonds. The molecular formula is C23H26N4O2. The summed E-state index contributed by atoms with van der Waals surface area (Å²) in [5.41, 5.74) is 4.15. The fourth-order valence-corrected chi connectivity index (χ4v) is 3.90. The molecule has 0 radical (unpaired) electrons. The minimum Gasteiger partial charge on any atom is -0.497 e. The summed E-state index contributed by atoms with van der Waals surface area (Å²) in [5, 5.41) is 4.22. The highest BCUT2D eigenvalue weighted by Gasteiger charge is 2.25. The van der Waals surface area contributed by atoms with Crippen LogP contribution >= 0.6 is 0 Å². The lowest BCUT2D eigenvalue weighted by Gasteiger charge is -2.32. The molecule has 3 heterocycles. The van der Waals surface area contributed by atoms with Crippen LogP contribution < -0.4 is 4.74 Å². The van der Waals surface area contributed by atoms with E-state index in [1.165, 1.54) is 0 Å². The molecule has 0 aliphatic carbocycles. The molecule has 0 saturated carbocycles. The number of pyridine rings is 1. The summed E-state index contributed by atoms with van der Waals surface area (Å²) < 4.78 is 7.05. The Morgan fingerprint density at radius 2 is 2.10 bits per heavy atom. The SMILES string of the molecule is COc1cccc(CC(=O)N2CCCC(c3ccc(-c4cnn(C)c4)cn3)C2)c1. The second-order valence-corrected chi connectivity index (χ2v) is 7.58. The number of carbonyl (C=O) groups excluding carboxylic acids is 1. The Bertz CT molecular complexity index is 981. The van der Waals surface area contributed by atoms with Gasteiger partial charge in [0.15, 0.2) is 0 Å². The first-order valence-corrected chi connectivity index (χ1v) is 9.98. The van der Waals surface area contributed by atoms with Crippen LogP contribution in [-0.2, 0) is 18.3 Å². The quantitative estimate of drug-likeness (QED) is 0.670. The van der Waals surface area contributed by atoms with Gasteiger partial charge in [-0.25, -0.2) is 0 Å². The van der Waals surface area contributed by atoms with Crippen molar-refractivity contribution in [3.8, 4) is 16.9 Å². The molecule has 1 fully saturated rings. The summed E-state index contributed by atoms with van der Waals surface area (Å²) in [6.07, 6.45) is 8.19. The summed E-state index contributed by atoms with van der Waals surface area (Å²) in [6, 6.07) is 11.9. The topological polar surface area (TPSA) is 60.2 Å². The highest BCUT2D eigenvalue weighted by molar-refractivity contribution is 5.79. The van der Waals surface area contributed by atoms with Crippen LogP contribution in [0.5, 0.6) is 5.75 Å². The summed E-state index contributed by atoms with van der Waals surface area (Å²) in [7, 11) is 3.55. The first kappa shape index (κ1) is 19.2. The zero-order valence-electron chi connectivity index (χ0n) is 16.9. The fraction of sp³-hybridized carbons (Fsp3) is 0.348. The smallest absolute Gasteiger partial charge is 0.227 e. The van der Waals surface area contributed by atoms with Gasteiger partial charge in [0.1, 0.15) is 5.75 Å². The molecule has 1 aliphatic rings. The zero-order valence-corrected chi connectivity index (χ0v) is 16.9. The van der Waals surface area contributed by atoms with Crippen LogP contribution in [0.4, 0.5) is 0 Å². The van der Waals surface area contributed by atoms with E-state index in [-0.39, 0.29) is 11.8 Å². The molecule has 1 aliphatic heterocycles. The van der Waals surface area contributed by atoms with Crippen molar-refractivity contribution in [1.82, 2.24) is 19.7 Å². The number of rotatable bonds is 5. The van der Waals surface area contributed by atoms with Crippen molar-refractivity contribution in [3.05, 3.63) is 66.2 Å². The van der Waals surface area contributed by atoms with E-state index < -0.39 is 0 Å². The predicted molar refractivity (Wildman–Crippen MR) is 112 cm³/mol.